The summed E-state index contributed by atoms with van der Waals surface area (Å²) >= 11 is 0. The Morgan fingerprint density at radius 2 is 2.16 bits per heavy atom. The molecule has 1 aliphatic heterocycles. The van der Waals surface area contributed by atoms with Crippen molar-refractivity contribution in [1.29, 1.82) is 0 Å². The fourth-order valence-corrected chi connectivity index (χ4v) is 2.73. The van der Waals surface area contributed by atoms with Crippen LogP contribution in [0.5, 0.6) is 0 Å². The first-order valence-corrected chi connectivity index (χ1v) is 7.09. The molecule has 2 heterocycles. The number of hydrogen-bond donors (Lipinski definition) is 2. The zero-order valence-corrected chi connectivity index (χ0v) is 12.1. The normalized spacial score (nSPS) is 23.1. The highest BCUT2D eigenvalue weighted by atomic mass is 16.3. The van der Waals surface area contributed by atoms with E-state index in [0.717, 1.165) is 43.0 Å². The van der Waals surface area contributed by atoms with Crippen LogP contribution in [-0.4, -0.2) is 34.3 Å². The summed E-state index contributed by atoms with van der Waals surface area (Å²) in [5, 5.41) is 9.58. The second-order valence-corrected chi connectivity index (χ2v) is 5.43. The average molecular weight is 264 g/mol. The van der Waals surface area contributed by atoms with Crippen LogP contribution < -0.4 is 10.6 Å². The van der Waals surface area contributed by atoms with Crippen LogP contribution in [0.15, 0.2) is 0 Å². The Bertz CT molecular complexity index is 449. The Morgan fingerprint density at radius 1 is 1.42 bits per heavy atom. The summed E-state index contributed by atoms with van der Waals surface area (Å²) in [4.78, 5) is 11.2. The van der Waals surface area contributed by atoms with Gasteiger partial charge < -0.3 is 15.7 Å². The molecule has 2 rings (SSSR count). The largest absolute Gasteiger partial charge is 0.394 e. The van der Waals surface area contributed by atoms with E-state index in [0.29, 0.717) is 11.7 Å². The van der Waals surface area contributed by atoms with E-state index in [9.17, 15) is 5.11 Å². The minimum Gasteiger partial charge on any atom is -0.394 e. The van der Waals surface area contributed by atoms with Crippen molar-refractivity contribution >= 4 is 11.6 Å². The number of rotatable bonds is 4. The number of aliphatic hydroxyl groups is 1. The van der Waals surface area contributed by atoms with Crippen LogP contribution in [0.2, 0.25) is 0 Å². The smallest absolute Gasteiger partial charge is 0.137 e. The van der Waals surface area contributed by atoms with Crippen LogP contribution in [0.1, 0.15) is 38.1 Å². The average Bonchev–Trinajstić information content (AvgIpc) is 2.75. The van der Waals surface area contributed by atoms with E-state index in [1.54, 1.807) is 0 Å². The molecule has 0 radical (unpaired) electrons. The van der Waals surface area contributed by atoms with Gasteiger partial charge in [0.05, 0.1) is 12.6 Å². The summed E-state index contributed by atoms with van der Waals surface area (Å²) in [6, 6.07) is 0.141. The maximum Gasteiger partial charge on any atom is 0.137 e. The molecule has 3 N–H and O–H groups in total. The monoisotopic (exact) mass is 264 g/mol. The fraction of sp³-hybridized carbons (Fsp3) is 0.714. The molecule has 1 fully saturated rings. The van der Waals surface area contributed by atoms with Gasteiger partial charge in [-0.1, -0.05) is 13.8 Å². The first-order valence-electron chi connectivity index (χ1n) is 7.09. The number of nitrogen functional groups attached to an aromatic ring is 1. The molecule has 1 aromatic heterocycles. The van der Waals surface area contributed by atoms with Crippen molar-refractivity contribution in [3.63, 3.8) is 0 Å². The number of nitrogens with two attached hydrogens (primary N) is 1. The van der Waals surface area contributed by atoms with Crippen LogP contribution in [0.25, 0.3) is 0 Å². The van der Waals surface area contributed by atoms with Gasteiger partial charge in [0.15, 0.2) is 0 Å². The third-order valence-corrected chi connectivity index (χ3v) is 4.02. The molecule has 0 saturated carbocycles. The maximum absolute atomic E-state index is 9.58. The summed E-state index contributed by atoms with van der Waals surface area (Å²) < 4.78 is 0. The molecule has 0 aromatic carbocycles. The standard InChI is InChI=1S/C14H24N4O/c1-4-5-12-16-13(15)10(3)14(17-12)18-7-6-9(2)11(18)8-19/h9,11,19H,4-8H2,1-3H3,(H2,15,16,17). The first-order chi connectivity index (χ1) is 9.08. The van der Waals surface area contributed by atoms with Gasteiger partial charge in [-0.3, -0.25) is 0 Å². The highest BCUT2D eigenvalue weighted by molar-refractivity contribution is 5.57. The van der Waals surface area contributed by atoms with E-state index < -0.39 is 0 Å². The summed E-state index contributed by atoms with van der Waals surface area (Å²) in [5.74, 6) is 2.75. The van der Waals surface area contributed by atoms with Gasteiger partial charge in [0.25, 0.3) is 0 Å². The molecule has 1 aliphatic rings. The Labute approximate surface area is 114 Å². The van der Waals surface area contributed by atoms with Crippen LogP contribution in [0.3, 0.4) is 0 Å². The molecule has 1 saturated heterocycles. The van der Waals surface area contributed by atoms with Crippen molar-refractivity contribution in [2.45, 2.75) is 46.1 Å². The number of nitrogens with zero attached hydrogens (tertiary/aromatic N) is 3. The Balaban J connectivity index is 2.38. The Morgan fingerprint density at radius 3 is 2.79 bits per heavy atom. The van der Waals surface area contributed by atoms with E-state index in [2.05, 4.69) is 28.7 Å². The molecule has 0 spiro atoms. The van der Waals surface area contributed by atoms with Crippen molar-refractivity contribution < 1.29 is 5.11 Å². The number of aliphatic hydroxyl groups excluding tert-OH is 1. The van der Waals surface area contributed by atoms with Crippen molar-refractivity contribution in [3.8, 4) is 0 Å². The predicted octanol–water partition coefficient (Wildman–Crippen LogP) is 1.53. The minimum absolute atomic E-state index is 0.141. The van der Waals surface area contributed by atoms with E-state index >= 15 is 0 Å². The molecule has 0 aliphatic carbocycles. The molecule has 0 bridgehead atoms. The van der Waals surface area contributed by atoms with Gasteiger partial charge in [0, 0.05) is 18.5 Å². The maximum atomic E-state index is 9.58. The molecular formula is C14H24N4O. The molecule has 0 amide bonds. The van der Waals surface area contributed by atoms with E-state index in [1.165, 1.54) is 0 Å². The number of aromatic nitrogens is 2. The lowest BCUT2D eigenvalue weighted by Gasteiger charge is -2.28. The van der Waals surface area contributed by atoms with Crippen LogP contribution >= 0.6 is 0 Å². The fourth-order valence-electron chi connectivity index (χ4n) is 2.73. The first kappa shape index (κ1) is 14.1. The van der Waals surface area contributed by atoms with Gasteiger partial charge in [-0.05, 0) is 25.7 Å². The summed E-state index contributed by atoms with van der Waals surface area (Å²) in [5.41, 5.74) is 6.92. The SMILES string of the molecule is CCCc1nc(N)c(C)c(N2CCC(C)C2CO)n1. The molecule has 2 atom stereocenters. The lowest BCUT2D eigenvalue weighted by molar-refractivity contribution is 0.244. The van der Waals surface area contributed by atoms with Gasteiger partial charge >= 0.3 is 0 Å². The molecular weight excluding hydrogens is 240 g/mol. The summed E-state index contributed by atoms with van der Waals surface area (Å²) in [6.45, 7) is 7.32. The summed E-state index contributed by atoms with van der Waals surface area (Å²) in [6.07, 6.45) is 2.92. The molecule has 106 valence electrons. The lowest BCUT2D eigenvalue weighted by atomic mass is 10.0. The Hall–Kier alpha value is -1.36. The van der Waals surface area contributed by atoms with Gasteiger partial charge in [0.1, 0.15) is 17.5 Å². The van der Waals surface area contributed by atoms with Crippen molar-refractivity contribution in [3.05, 3.63) is 11.4 Å². The number of aryl methyl sites for hydroxylation is 1. The third-order valence-electron chi connectivity index (χ3n) is 4.02. The van der Waals surface area contributed by atoms with Crippen LogP contribution in [0.4, 0.5) is 11.6 Å². The Kier molecular flexibility index (Phi) is 4.24. The van der Waals surface area contributed by atoms with Crippen LogP contribution in [0, 0.1) is 12.8 Å². The quantitative estimate of drug-likeness (QED) is 0.862. The van der Waals surface area contributed by atoms with E-state index in [-0.39, 0.29) is 12.6 Å². The molecule has 19 heavy (non-hydrogen) atoms. The minimum atomic E-state index is 0.141. The predicted molar refractivity (Wildman–Crippen MR) is 77.2 cm³/mol. The lowest BCUT2D eigenvalue weighted by Crippen LogP contribution is -2.36. The van der Waals surface area contributed by atoms with Crippen LogP contribution in [-0.2, 0) is 6.42 Å². The van der Waals surface area contributed by atoms with Gasteiger partial charge in [-0.25, -0.2) is 9.97 Å². The molecule has 5 heteroatoms. The second-order valence-electron chi connectivity index (χ2n) is 5.43. The molecule has 1 aromatic rings. The van der Waals surface area contributed by atoms with Crippen molar-refractivity contribution in [2.24, 2.45) is 5.92 Å². The van der Waals surface area contributed by atoms with Gasteiger partial charge in [0.2, 0.25) is 0 Å². The number of anilines is 2. The highest BCUT2D eigenvalue weighted by Gasteiger charge is 2.32. The van der Waals surface area contributed by atoms with E-state index in [4.69, 9.17) is 5.73 Å². The second kappa shape index (κ2) is 5.74. The number of hydrogen-bond acceptors (Lipinski definition) is 5. The molecule has 5 nitrogen and oxygen atoms in total. The van der Waals surface area contributed by atoms with Gasteiger partial charge in [-0.2, -0.15) is 0 Å². The van der Waals surface area contributed by atoms with Gasteiger partial charge in [-0.15, -0.1) is 0 Å². The third kappa shape index (κ3) is 2.66. The topological polar surface area (TPSA) is 75.3 Å². The summed E-state index contributed by atoms with van der Waals surface area (Å²) in [7, 11) is 0. The van der Waals surface area contributed by atoms with Crippen molar-refractivity contribution in [2.75, 3.05) is 23.8 Å². The van der Waals surface area contributed by atoms with E-state index in [1.807, 2.05) is 6.92 Å². The highest BCUT2D eigenvalue weighted by Crippen LogP contribution is 2.31. The zero-order valence-electron chi connectivity index (χ0n) is 12.1. The van der Waals surface area contributed by atoms with Crippen molar-refractivity contribution in [1.82, 2.24) is 9.97 Å². The zero-order chi connectivity index (χ0) is 14.0. The molecule has 2 unspecified atom stereocenters.